The molecular formula is C18H30N2O. The van der Waals surface area contributed by atoms with Crippen LogP contribution in [0.3, 0.4) is 0 Å². The van der Waals surface area contributed by atoms with Crippen LogP contribution in [0.5, 0.6) is 0 Å². The van der Waals surface area contributed by atoms with Crippen LogP contribution >= 0.6 is 0 Å². The summed E-state index contributed by atoms with van der Waals surface area (Å²) >= 11 is 0. The molecule has 118 valence electrons. The van der Waals surface area contributed by atoms with Crippen LogP contribution in [0.15, 0.2) is 30.3 Å². The summed E-state index contributed by atoms with van der Waals surface area (Å²) in [6.07, 6.45) is 4.01. The van der Waals surface area contributed by atoms with Gasteiger partial charge in [0, 0.05) is 25.7 Å². The molecule has 1 aromatic rings. The Morgan fingerprint density at radius 1 is 1.24 bits per heavy atom. The van der Waals surface area contributed by atoms with Gasteiger partial charge in [-0.1, -0.05) is 30.3 Å². The number of likely N-dealkylation sites (tertiary alicyclic amines) is 1. The number of rotatable bonds is 8. The van der Waals surface area contributed by atoms with E-state index in [2.05, 4.69) is 54.4 Å². The topological polar surface area (TPSA) is 24.5 Å². The zero-order valence-corrected chi connectivity index (χ0v) is 13.6. The lowest BCUT2D eigenvalue weighted by Crippen LogP contribution is -2.45. The number of piperidine rings is 1. The lowest BCUT2D eigenvalue weighted by molar-refractivity contribution is 0.0709. The van der Waals surface area contributed by atoms with Gasteiger partial charge < -0.3 is 15.0 Å². The van der Waals surface area contributed by atoms with E-state index in [4.69, 9.17) is 4.74 Å². The van der Waals surface area contributed by atoms with Gasteiger partial charge >= 0.3 is 0 Å². The molecule has 1 atom stereocenters. The van der Waals surface area contributed by atoms with E-state index < -0.39 is 0 Å². The van der Waals surface area contributed by atoms with Gasteiger partial charge in [0.25, 0.3) is 0 Å². The molecule has 0 spiro atoms. The van der Waals surface area contributed by atoms with Gasteiger partial charge in [-0.25, -0.2) is 0 Å². The minimum Gasteiger partial charge on any atom is -0.377 e. The Kier molecular flexibility index (Phi) is 7.20. The Morgan fingerprint density at radius 3 is 2.62 bits per heavy atom. The van der Waals surface area contributed by atoms with Crippen LogP contribution in [0.25, 0.3) is 0 Å². The molecule has 1 aromatic carbocycles. The van der Waals surface area contributed by atoms with Crippen LogP contribution in [-0.4, -0.2) is 49.8 Å². The molecule has 1 aliphatic rings. The van der Waals surface area contributed by atoms with Crippen LogP contribution in [0, 0.1) is 0 Å². The molecule has 1 aliphatic heterocycles. The zero-order valence-electron chi connectivity index (χ0n) is 13.6. The van der Waals surface area contributed by atoms with Crippen molar-refractivity contribution in [3.05, 3.63) is 35.9 Å². The average Bonchev–Trinajstić information content (AvgIpc) is 2.53. The van der Waals surface area contributed by atoms with Crippen molar-refractivity contribution in [2.45, 2.75) is 45.3 Å². The summed E-state index contributed by atoms with van der Waals surface area (Å²) in [5.74, 6) is 0. The maximum Gasteiger partial charge on any atom is 0.0671 e. The first-order valence-corrected chi connectivity index (χ1v) is 8.39. The minimum atomic E-state index is 0.325. The third-order valence-electron chi connectivity index (χ3n) is 4.29. The van der Waals surface area contributed by atoms with Crippen molar-refractivity contribution in [2.75, 3.05) is 32.8 Å². The van der Waals surface area contributed by atoms with E-state index in [0.717, 1.165) is 13.2 Å². The van der Waals surface area contributed by atoms with Crippen LogP contribution in [-0.2, 0) is 11.2 Å². The normalized spacial score (nSPS) is 18.8. The van der Waals surface area contributed by atoms with Gasteiger partial charge in [0.2, 0.25) is 0 Å². The first kappa shape index (κ1) is 16.5. The van der Waals surface area contributed by atoms with Gasteiger partial charge in [-0.3, -0.25) is 0 Å². The lowest BCUT2D eigenvalue weighted by atomic mass is 10.0. The number of ether oxygens (including phenoxy) is 1. The number of nitrogens with zero attached hydrogens (tertiary/aromatic N) is 1. The highest BCUT2D eigenvalue weighted by Crippen LogP contribution is 2.11. The number of hydrogen-bond acceptors (Lipinski definition) is 3. The van der Waals surface area contributed by atoms with Crippen LogP contribution in [0.2, 0.25) is 0 Å². The Bertz CT molecular complexity index is 374. The minimum absolute atomic E-state index is 0.325. The second-order valence-electron chi connectivity index (χ2n) is 6.03. The highest BCUT2D eigenvalue weighted by atomic mass is 16.5. The SMILES string of the molecule is CCOC(C)CNC1CCN(CCc2ccccc2)CC1. The maximum absolute atomic E-state index is 5.57. The van der Waals surface area contributed by atoms with Crippen molar-refractivity contribution in [3.63, 3.8) is 0 Å². The summed E-state index contributed by atoms with van der Waals surface area (Å²) < 4.78 is 5.57. The molecule has 0 aromatic heterocycles. The van der Waals surface area contributed by atoms with Gasteiger partial charge in [0.05, 0.1) is 6.10 Å². The fourth-order valence-corrected chi connectivity index (χ4v) is 2.97. The van der Waals surface area contributed by atoms with Gasteiger partial charge in [-0.15, -0.1) is 0 Å². The van der Waals surface area contributed by atoms with Crippen LogP contribution in [0.1, 0.15) is 32.3 Å². The molecule has 3 nitrogen and oxygen atoms in total. The quantitative estimate of drug-likeness (QED) is 0.797. The molecule has 1 unspecified atom stereocenters. The van der Waals surface area contributed by atoms with E-state index in [1.165, 1.54) is 44.5 Å². The molecular weight excluding hydrogens is 260 g/mol. The maximum atomic E-state index is 5.57. The van der Waals surface area contributed by atoms with Gasteiger partial charge in [-0.2, -0.15) is 0 Å². The molecule has 0 amide bonds. The summed E-state index contributed by atoms with van der Waals surface area (Å²) in [6, 6.07) is 11.5. The third-order valence-corrected chi connectivity index (χ3v) is 4.29. The molecule has 1 saturated heterocycles. The lowest BCUT2D eigenvalue weighted by Gasteiger charge is -2.33. The summed E-state index contributed by atoms with van der Waals surface area (Å²) in [5.41, 5.74) is 1.45. The second-order valence-corrected chi connectivity index (χ2v) is 6.03. The molecule has 1 heterocycles. The van der Waals surface area contributed by atoms with E-state index >= 15 is 0 Å². The van der Waals surface area contributed by atoms with E-state index in [1.807, 2.05) is 0 Å². The van der Waals surface area contributed by atoms with Crippen molar-refractivity contribution in [1.82, 2.24) is 10.2 Å². The summed E-state index contributed by atoms with van der Waals surface area (Å²) in [4.78, 5) is 2.59. The van der Waals surface area contributed by atoms with E-state index in [1.54, 1.807) is 0 Å². The number of hydrogen-bond donors (Lipinski definition) is 1. The molecule has 2 rings (SSSR count). The fraction of sp³-hybridized carbons (Fsp3) is 0.667. The second kappa shape index (κ2) is 9.19. The van der Waals surface area contributed by atoms with Crippen molar-refractivity contribution in [2.24, 2.45) is 0 Å². The highest BCUT2D eigenvalue weighted by Gasteiger charge is 2.18. The molecule has 1 N–H and O–H groups in total. The zero-order chi connectivity index (χ0) is 14.9. The average molecular weight is 290 g/mol. The predicted octanol–water partition coefficient (Wildman–Crippen LogP) is 2.71. The van der Waals surface area contributed by atoms with Crippen molar-refractivity contribution >= 4 is 0 Å². The molecule has 0 radical (unpaired) electrons. The van der Waals surface area contributed by atoms with Crippen LogP contribution < -0.4 is 5.32 Å². The van der Waals surface area contributed by atoms with Crippen LogP contribution in [0.4, 0.5) is 0 Å². The first-order valence-electron chi connectivity index (χ1n) is 8.39. The Morgan fingerprint density at radius 2 is 1.95 bits per heavy atom. The standard InChI is InChI=1S/C18H30N2O/c1-3-21-16(2)15-19-18-10-13-20(14-11-18)12-9-17-7-5-4-6-8-17/h4-8,16,18-19H,3,9-15H2,1-2H3. The number of benzene rings is 1. The molecule has 21 heavy (non-hydrogen) atoms. The monoisotopic (exact) mass is 290 g/mol. The summed E-state index contributed by atoms with van der Waals surface area (Å²) in [5, 5.41) is 3.65. The Hall–Kier alpha value is -0.900. The Balaban J connectivity index is 1.60. The van der Waals surface area contributed by atoms with E-state index in [9.17, 15) is 0 Å². The van der Waals surface area contributed by atoms with Crippen molar-refractivity contribution in [3.8, 4) is 0 Å². The fourth-order valence-electron chi connectivity index (χ4n) is 2.97. The highest BCUT2D eigenvalue weighted by molar-refractivity contribution is 5.14. The molecule has 0 aliphatic carbocycles. The largest absolute Gasteiger partial charge is 0.377 e. The predicted molar refractivity (Wildman–Crippen MR) is 88.7 cm³/mol. The molecule has 3 heteroatoms. The smallest absolute Gasteiger partial charge is 0.0671 e. The summed E-state index contributed by atoms with van der Waals surface area (Å²) in [7, 11) is 0. The molecule has 0 saturated carbocycles. The van der Waals surface area contributed by atoms with Gasteiger partial charge in [0.1, 0.15) is 0 Å². The van der Waals surface area contributed by atoms with Gasteiger partial charge in [0.15, 0.2) is 0 Å². The van der Waals surface area contributed by atoms with E-state index in [-0.39, 0.29) is 0 Å². The number of nitrogens with one attached hydrogen (secondary N) is 1. The van der Waals surface area contributed by atoms with Crippen molar-refractivity contribution in [1.29, 1.82) is 0 Å². The molecule has 0 bridgehead atoms. The first-order chi connectivity index (χ1) is 10.3. The third kappa shape index (κ3) is 6.16. The summed E-state index contributed by atoms with van der Waals surface area (Å²) in [6.45, 7) is 9.60. The van der Waals surface area contributed by atoms with Gasteiger partial charge in [-0.05, 0) is 51.8 Å². The Labute approximate surface area is 129 Å². The van der Waals surface area contributed by atoms with Crippen molar-refractivity contribution < 1.29 is 4.74 Å². The van der Waals surface area contributed by atoms with E-state index in [0.29, 0.717) is 12.1 Å². The molecule has 1 fully saturated rings.